The Morgan fingerprint density at radius 2 is 1.81 bits per heavy atom. The van der Waals surface area contributed by atoms with Crippen LogP contribution in [0.15, 0.2) is 24.3 Å². The van der Waals surface area contributed by atoms with Crippen LogP contribution in [0.4, 0.5) is 5.69 Å². The van der Waals surface area contributed by atoms with E-state index < -0.39 is 21.9 Å². The Labute approximate surface area is 123 Å². The van der Waals surface area contributed by atoms with Gasteiger partial charge in [0.05, 0.1) is 10.3 Å². The van der Waals surface area contributed by atoms with E-state index in [0.29, 0.717) is 12.8 Å². The summed E-state index contributed by atoms with van der Waals surface area (Å²) in [4.78, 5) is 32.6. The summed E-state index contributed by atoms with van der Waals surface area (Å²) < 4.78 is 0. The number of non-ortho nitro benzene ring substituents is 1. The van der Waals surface area contributed by atoms with E-state index in [9.17, 15) is 14.9 Å². The van der Waals surface area contributed by atoms with Crippen LogP contribution in [0.3, 0.4) is 0 Å². The number of carbonyl (C=O) groups is 1. The fourth-order valence-electron chi connectivity index (χ4n) is 2.29. The Morgan fingerprint density at radius 1 is 1.24 bits per heavy atom. The lowest BCUT2D eigenvalue weighted by Crippen LogP contribution is -2.44. The van der Waals surface area contributed by atoms with Crippen LogP contribution in [0.25, 0.3) is 0 Å². The first-order valence-corrected chi connectivity index (χ1v) is 6.90. The highest BCUT2D eigenvalue weighted by Gasteiger charge is 2.48. The lowest BCUT2D eigenvalue weighted by atomic mass is 9.64. The van der Waals surface area contributed by atoms with Gasteiger partial charge in [-0.3, -0.25) is 15.0 Å². The number of hydrogen-bond donors (Lipinski definition) is 0. The monoisotopic (exact) mass is 293 g/mol. The van der Waals surface area contributed by atoms with E-state index in [0.717, 1.165) is 12.0 Å². The minimum Gasteiger partial charge on any atom is -0.297 e. The molecular formula is C15H19NO5. The van der Waals surface area contributed by atoms with Gasteiger partial charge in [0.2, 0.25) is 0 Å². The molecule has 0 N–H and O–H groups in total. The smallest absolute Gasteiger partial charge is 0.297 e. The molecule has 6 heteroatoms. The Morgan fingerprint density at radius 3 is 2.19 bits per heavy atom. The molecule has 0 bridgehead atoms. The van der Waals surface area contributed by atoms with E-state index in [1.807, 2.05) is 0 Å². The van der Waals surface area contributed by atoms with Gasteiger partial charge < -0.3 is 0 Å². The van der Waals surface area contributed by atoms with Crippen LogP contribution in [0, 0.1) is 10.1 Å². The maximum atomic E-state index is 12.3. The van der Waals surface area contributed by atoms with Crippen molar-refractivity contribution >= 4 is 11.7 Å². The first-order chi connectivity index (χ1) is 9.74. The first kappa shape index (κ1) is 15.4. The standard InChI is InChI=1S/C15H19NO5/c1-14(2,3)21-20-13(17)15(9-4-10-15)11-5-7-12(8-6-11)16(18)19/h5-8H,4,9-10H2,1-3H3. The summed E-state index contributed by atoms with van der Waals surface area (Å²) in [7, 11) is 0. The summed E-state index contributed by atoms with van der Waals surface area (Å²) in [5, 5.41) is 10.7. The van der Waals surface area contributed by atoms with E-state index in [4.69, 9.17) is 9.78 Å². The molecule has 1 aromatic rings. The quantitative estimate of drug-likeness (QED) is 0.483. The molecule has 0 aromatic heterocycles. The van der Waals surface area contributed by atoms with Crippen molar-refractivity contribution in [3.05, 3.63) is 39.9 Å². The van der Waals surface area contributed by atoms with Gasteiger partial charge in [-0.2, -0.15) is 4.89 Å². The topological polar surface area (TPSA) is 78.7 Å². The molecule has 0 unspecified atom stereocenters. The maximum Gasteiger partial charge on any atom is 0.352 e. The zero-order valence-electron chi connectivity index (χ0n) is 12.4. The molecule has 0 atom stereocenters. The predicted octanol–water partition coefficient (Wildman–Crippen LogP) is 3.29. The zero-order chi connectivity index (χ0) is 15.7. The second kappa shape index (κ2) is 5.44. The average molecular weight is 293 g/mol. The minimum absolute atomic E-state index is 0.00697. The van der Waals surface area contributed by atoms with E-state index >= 15 is 0 Å². The Bertz CT molecular complexity index is 540. The van der Waals surface area contributed by atoms with E-state index in [-0.39, 0.29) is 5.69 Å². The predicted molar refractivity (Wildman–Crippen MR) is 75.6 cm³/mol. The van der Waals surface area contributed by atoms with Crippen LogP contribution in [0.5, 0.6) is 0 Å². The number of rotatable bonds is 4. The van der Waals surface area contributed by atoms with Crippen molar-refractivity contribution in [2.24, 2.45) is 0 Å². The molecule has 21 heavy (non-hydrogen) atoms. The van der Waals surface area contributed by atoms with Gasteiger partial charge in [-0.25, -0.2) is 4.79 Å². The molecular weight excluding hydrogens is 274 g/mol. The van der Waals surface area contributed by atoms with Crippen LogP contribution in [0.1, 0.15) is 45.6 Å². The van der Waals surface area contributed by atoms with Crippen LogP contribution < -0.4 is 0 Å². The van der Waals surface area contributed by atoms with Gasteiger partial charge in [-0.15, -0.1) is 0 Å². The molecule has 0 aliphatic heterocycles. The van der Waals surface area contributed by atoms with Crippen molar-refractivity contribution in [3.8, 4) is 0 Å². The molecule has 1 fully saturated rings. The summed E-state index contributed by atoms with van der Waals surface area (Å²) in [6, 6.07) is 6.06. The molecule has 0 saturated heterocycles. The zero-order valence-corrected chi connectivity index (χ0v) is 12.4. The molecule has 0 radical (unpaired) electrons. The number of hydrogen-bond acceptors (Lipinski definition) is 5. The van der Waals surface area contributed by atoms with Gasteiger partial charge in [0.15, 0.2) is 0 Å². The number of benzene rings is 1. The molecule has 0 spiro atoms. The van der Waals surface area contributed by atoms with Crippen molar-refractivity contribution < 1.29 is 19.5 Å². The van der Waals surface area contributed by atoms with Gasteiger partial charge in [0, 0.05) is 12.1 Å². The van der Waals surface area contributed by atoms with E-state index in [2.05, 4.69) is 0 Å². The molecule has 1 aromatic carbocycles. The fourth-order valence-corrected chi connectivity index (χ4v) is 2.29. The van der Waals surface area contributed by atoms with Crippen molar-refractivity contribution in [1.29, 1.82) is 0 Å². The molecule has 0 heterocycles. The van der Waals surface area contributed by atoms with Crippen LogP contribution in [0.2, 0.25) is 0 Å². The molecule has 1 aliphatic carbocycles. The van der Waals surface area contributed by atoms with E-state index in [1.54, 1.807) is 32.9 Å². The lowest BCUT2D eigenvalue weighted by Gasteiger charge is -2.39. The van der Waals surface area contributed by atoms with E-state index in [1.165, 1.54) is 12.1 Å². The van der Waals surface area contributed by atoms with Gasteiger partial charge >= 0.3 is 5.97 Å². The second-order valence-electron chi connectivity index (χ2n) is 6.31. The molecule has 114 valence electrons. The molecule has 6 nitrogen and oxygen atoms in total. The average Bonchev–Trinajstić information content (AvgIpc) is 2.35. The highest BCUT2D eigenvalue weighted by atomic mass is 17.2. The van der Waals surface area contributed by atoms with Gasteiger partial charge in [-0.1, -0.05) is 18.6 Å². The summed E-state index contributed by atoms with van der Waals surface area (Å²) >= 11 is 0. The number of nitro groups is 1. The summed E-state index contributed by atoms with van der Waals surface area (Å²) in [5.74, 6) is -0.433. The lowest BCUT2D eigenvalue weighted by molar-refractivity contribution is -0.384. The SMILES string of the molecule is CC(C)(C)OOC(=O)C1(c2ccc([N+](=O)[O-])cc2)CCC1. The van der Waals surface area contributed by atoms with Crippen LogP contribution >= 0.6 is 0 Å². The van der Waals surface area contributed by atoms with Crippen LogP contribution in [-0.4, -0.2) is 16.5 Å². The number of nitro benzene ring substituents is 1. The molecule has 1 aliphatic rings. The normalized spacial score (nSPS) is 16.9. The second-order valence-corrected chi connectivity index (χ2v) is 6.31. The number of carbonyl (C=O) groups excluding carboxylic acids is 1. The van der Waals surface area contributed by atoms with Gasteiger partial charge in [-0.05, 0) is 39.2 Å². The molecule has 0 amide bonds. The highest BCUT2D eigenvalue weighted by Crippen LogP contribution is 2.45. The van der Waals surface area contributed by atoms with Crippen molar-refractivity contribution in [3.63, 3.8) is 0 Å². The Balaban J connectivity index is 2.17. The maximum absolute atomic E-state index is 12.3. The van der Waals surface area contributed by atoms with Crippen molar-refractivity contribution in [2.75, 3.05) is 0 Å². The summed E-state index contributed by atoms with van der Waals surface area (Å²) in [5.41, 5.74) is -0.564. The fraction of sp³-hybridized carbons (Fsp3) is 0.533. The molecule has 1 saturated carbocycles. The molecule has 2 rings (SSSR count). The van der Waals surface area contributed by atoms with Crippen molar-refractivity contribution in [2.45, 2.75) is 51.0 Å². The largest absolute Gasteiger partial charge is 0.352 e. The Kier molecular flexibility index (Phi) is 4.00. The van der Waals surface area contributed by atoms with Crippen molar-refractivity contribution in [1.82, 2.24) is 0 Å². The minimum atomic E-state index is -0.736. The summed E-state index contributed by atoms with van der Waals surface area (Å²) in [6.45, 7) is 5.37. The first-order valence-electron chi connectivity index (χ1n) is 6.90. The highest BCUT2D eigenvalue weighted by molar-refractivity contribution is 5.84. The van der Waals surface area contributed by atoms with Gasteiger partial charge in [0.1, 0.15) is 5.60 Å². The number of nitrogens with zero attached hydrogens (tertiary/aromatic N) is 1. The third-order valence-corrected chi connectivity index (χ3v) is 3.60. The van der Waals surface area contributed by atoms with Gasteiger partial charge in [0.25, 0.3) is 5.69 Å². The Hall–Kier alpha value is -1.95. The third kappa shape index (κ3) is 3.21. The van der Waals surface area contributed by atoms with Crippen LogP contribution in [-0.2, 0) is 20.0 Å². The summed E-state index contributed by atoms with van der Waals surface area (Å²) in [6.07, 6.45) is 2.25. The third-order valence-electron chi connectivity index (χ3n) is 3.60.